The summed E-state index contributed by atoms with van der Waals surface area (Å²) in [6, 6.07) is 7.47. The van der Waals surface area contributed by atoms with E-state index in [4.69, 9.17) is 9.47 Å². The number of carbonyl (C=O) groups excluding carboxylic acids is 1. The van der Waals surface area contributed by atoms with Crippen molar-refractivity contribution in [1.29, 1.82) is 0 Å². The van der Waals surface area contributed by atoms with E-state index in [9.17, 15) is 4.79 Å². The molecule has 1 aromatic carbocycles. The van der Waals surface area contributed by atoms with Crippen LogP contribution in [0.2, 0.25) is 0 Å². The number of methoxy groups -OCH3 is 1. The number of ether oxygens (including phenoxy) is 2. The Balaban J connectivity index is 2.25. The lowest BCUT2D eigenvalue weighted by Crippen LogP contribution is -2.30. The molecule has 0 saturated heterocycles. The van der Waals surface area contributed by atoms with Gasteiger partial charge in [0, 0.05) is 19.8 Å². The van der Waals surface area contributed by atoms with Crippen molar-refractivity contribution in [2.24, 2.45) is 0 Å². The molecule has 0 aliphatic rings. The van der Waals surface area contributed by atoms with Gasteiger partial charge in [0.05, 0.1) is 19.0 Å². The molecule has 0 radical (unpaired) electrons. The molecule has 0 aromatic heterocycles. The Morgan fingerprint density at radius 3 is 2.37 bits per heavy atom. The molecular formula is C14H21NO3S. The summed E-state index contributed by atoms with van der Waals surface area (Å²) < 4.78 is 10.7. The van der Waals surface area contributed by atoms with Gasteiger partial charge in [-0.25, -0.2) is 0 Å². The third kappa shape index (κ3) is 5.42. The summed E-state index contributed by atoms with van der Waals surface area (Å²) in [5.74, 6) is 2.54. The van der Waals surface area contributed by atoms with Gasteiger partial charge in [-0.2, -0.15) is 0 Å². The van der Waals surface area contributed by atoms with Crippen molar-refractivity contribution < 1.29 is 14.3 Å². The van der Waals surface area contributed by atoms with Gasteiger partial charge in [0.25, 0.3) is 0 Å². The van der Waals surface area contributed by atoms with Crippen molar-refractivity contribution in [3.05, 3.63) is 24.3 Å². The molecule has 1 atom stereocenters. The Labute approximate surface area is 119 Å². The first-order valence-corrected chi connectivity index (χ1v) is 7.19. The topological polar surface area (TPSA) is 38.8 Å². The highest BCUT2D eigenvalue weighted by Crippen LogP contribution is 2.18. The zero-order valence-corrected chi connectivity index (χ0v) is 12.7. The molecule has 0 aliphatic carbocycles. The van der Waals surface area contributed by atoms with Crippen molar-refractivity contribution in [2.45, 2.75) is 12.2 Å². The van der Waals surface area contributed by atoms with E-state index in [2.05, 4.69) is 0 Å². The first-order valence-electron chi connectivity index (χ1n) is 6.14. The zero-order chi connectivity index (χ0) is 14.3. The lowest BCUT2D eigenvalue weighted by Gasteiger charge is -2.16. The molecular weight excluding hydrogens is 262 g/mol. The Bertz CT molecular complexity index is 392. The smallest absolute Gasteiger partial charge is 0.234 e. The number of hydrogen-bond donors (Lipinski definition) is 0. The molecule has 1 amide bonds. The lowest BCUT2D eigenvalue weighted by atomic mass is 10.3. The van der Waals surface area contributed by atoms with Crippen LogP contribution in [0.4, 0.5) is 0 Å². The summed E-state index contributed by atoms with van der Waals surface area (Å²) >= 11 is 1.60. The van der Waals surface area contributed by atoms with Crippen LogP contribution in [-0.2, 0) is 4.79 Å². The number of hydrogen-bond acceptors (Lipinski definition) is 4. The van der Waals surface area contributed by atoms with Crippen LogP contribution in [0.1, 0.15) is 6.92 Å². The molecule has 0 N–H and O–H groups in total. The van der Waals surface area contributed by atoms with Gasteiger partial charge in [0.15, 0.2) is 0 Å². The summed E-state index contributed by atoms with van der Waals surface area (Å²) in [6.45, 7) is 2.50. The molecule has 0 heterocycles. The van der Waals surface area contributed by atoms with Crippen LogP contribution in [0.5, 0.6) is 11.5 Å². The first kappa shape index (κ1) is 15.7. The molecule has 1 unspecified atom stereocenters. The standard InChI is InChI=1S/C14H21NO3S/c1-11(14(16)15(2)3)19-10-9-18-13-7-5-12(17-4)6-8-13/h5-8,11H,9-10H2,1-4H3. The highest BCUT2D eigenvalue weighted by atomic mass is 32.2. The number of amides is 1. The van der Waals surface area contributed by atoms with Crippen molar-refractivity contribution in [3.63, 3.8) is 0 Å². The average molecular weight is 283 g/mol. The maximum atomic E-state index is 11.6. The lowest BCUT2D eigenvalue weighted by molar-refractivity contribution is -0.127. The monoisotopic (exact) mass is 283 g/mol. The normalized spacial score (nSPS) is 11.8. The predicted octanol–water partition coefficient (Wildman–Crippen LogP) is 2.28. The fourth-order valence-corrected chi connectivity index (χ4v) is 2.38. The number of rotatable bonds is 7. The minimum atomic E-state index is -0.0329. The maximum Gasteiger partial charge on any atom is 0.234 e. The van der Waals surface area contributed by atoms with Gasteiger partial charge in [-0.05, 0) is 31.2 Å². The van der Waals surface area contributed by atoms with Gasteiger partial charge in [0.2, 0.25) is 5.91 Å². The Hall–Kier alpha value is -1.36. The second-order valence-corrected chi connectivity index (χ2v) is 5.72. The van der Waals surface area contributed by atoms with Crippen LogP contribution in [0, 0.1) is 0 Å². The zero-order valence-electron chi connectivity index (χ0n) is 11.9. The summed E-state index contributed by atoms with van der Waals surface area (Å²) in [5, 5.41) is -0.0329. The second kappa shape index (κ2) is 7.94. The molecule has 1 aromatic rings. The van der Waals surface area contributed by atoms with Gasteiger partial charge in [-0.3, -0.25) is 4.79 Å². The largest absolute Gasteiger partial charge is 0.497 e. The van der Waals surface area contributed by atoms with Gasteiger partial charge < -0.3 is 14.4 Å². The minimum Gasteiger partial charge on any atom is -0.497 e. The van der Waals surface area contributed by atoms with Crippen LogP contribution in [0.25, 0.3) is 0 Å². The number of thioether (sulfide) groups is 1. The quantitative estimate of drug-likeness (QED) is 0.720. The van der Waals surface area contributed by atoms with Crippen LogP contribution in [0.15, 0.2) is 24.3 Å². The number of carbonyl (C=O) groups is 1. The van der Waals surface area contributed by atoms with Gasteiger partial charge >= 0.3 is 0 Å². The van der Waals surface area contributed by atoms with E-state index in [1.807, 2.05) is 31.2 Å². The first-order chi connectivity index (χ1) is 9.04. The van der Waals surface area contributed by atoms with Crippen molar-refractivity contribution >= 4 is 17.7 Å². The molecule has 0 saturated carbocycles. The summed E-state index contributed by atoms with van der Waals surface area (Å²) in [5.41, 5.74) is 0. The second-order valence-electron chi connectivity index (χ2n) is 4.27. The molecule has 0 bridgehead atoms. The SMILES string of the molecule is COc1ccc(OCCSC(C)C(=O)N(C)C)cc1. The van der Waals surface area contributed by atoms with Gasteiger partial charge in [-0.1, -0.05) is 0 Å². The molecule has 19 heavy (non-hydrogen) atoms. The Morgan fingerprint density at radius 1 is 1.26 bits per heavy atom. The Morgan fingerprint density at radius 2 is 1.84 bits per heavy atom. The Kier molecular flexibility index (Phi) is 6.56. The van der Waals surface area contributed by atoms with Crippen LogP contribution in [-0.4, -0.2) is 49.6 Å². The van der Waals surface area contributed by atoms with Crippen LogP contribution in [0.3, 0.4) is 0 Å². The summed E-state index contributed by atoms with van der Waals surface area (Å²) in [7, 11) is 5.18. The fraction of sp³-hybridized carbons (Fsp3) is 0.500. The number of nitrogens with zero attached hydrogens (tertiary/aromatic N) is 1. The van der Waals surface area contributed by atoms with Crippen molar-refractivity contribution in [3.8, 4) is 11.5 Å². The average Bonchev–Trinajstić information content (AvgIpc) is 2.43. The van der Waals surface area contributed by atoms with E-state index in [1.165, 1.54) is 0 Å². The molecule has 106 valence electrons. The van der Waals surface area contributed by atoms with Crippen molar-refractivity contribution in [2.75, 3.05) is 33.6 Å². The van der Waals surface area contributed by atoms with Crippen LogP contribution < -0.4 is 9.47 Å². The van der Waals surface area contributed by atoms with E-state index < -0.39 is 0 Å². The number of benzene rings is 1. The van der Waals surface area contributed by atoms with E-state index >= 15 is 0 Å². The molecule has 0 fully saturated rings. The molecule has 4 nitrogen and oxygen atoms in total. The van der Waals surface area contributed by atoms with Gasteiger partial charge in [-0.15, -0.1) is 11.8 Å². The highest BCUT2D eigenvalue weighted by molar-refractivity contribution is 8.00. The third-order valence-corrected chi connectivity index (χ3v) is 3.67. The van der Waals surface area contributed by atoms with E-state index in [1.54, 1.807) is 37.9 Å². The van der Waals surface area contributed by atoms with Crippen molar-refractivity contribution in [1.82, 2.24) is 4.90 Å². The molecule has 1 rings (SSSR count). The van der Waals surface area contributed by atoms with Gasteiger partial charge in [0.1, 0.15) is 11.5 Å². The minimum absolute atomic E-state index is 0.0329. The summed E-state index contributed by atoms with van der Waals surface area (Å²) in [4.78, 5) is 13.2. The van der Waals surface area contributed by atoms with Crippen LogP contribution >= 0.6 is 11.8 Å². The predicted molar refractivity (Wildman–Crippen MR) is 79.1 cm³/mol. The molecule has 0 spiro atoms. The summed E-state index contributed by atoms with van der Waals surface area (Å²) in [6.07, 6.45) is 0. The van der Waals surface area contributed by atoms with E-state index in [-0.39, 0.29) is 11.2 Å². The molecule has 5 heteroatoms. The fourth-order valence-electron chi connectivity index (χ4n) is 1.49. The third-order valence-electron chi connectivity index (χ3n) is 2.57. The molecule has 0 aliphatic heterocycles. The van der Waals surface area contributed by atoms with E-state index in [0.29, 0.717) is 6.61 Å². The highest BCUT2D eigenvalue weighted by Gasteiger charge is 2.14. The van der Waals surface area contributed by atoms with E-state index in [0.717, 1.165) is 17.3 Å². The maximum absolute atomic E-state index is 11.6.